The summed E-state index contributed by atoms with van der Waals surface area (Å²) in [6, 6.07) is 0. The molecule has 1 aliphatic rings. The molecule has 1 fully saturated rings. The van der Waals surface area contributed by atoms with Gasteiger partial charge in [-0.15, -0.1) is 0 Å². The van der Waals surface area contributed by atoms with Gasteiger partial charge in [-0.3, -0.25) is 4.79 Å². The second-order valence-electron chi connectivity index (χ2n) is 4.81. The molecule has 0 aliphatic heterocycles. The molecule has 0 saturated heterocycles. The average Bonchev–Trinajstić information content (AvgIpc) is 2.59. The molecule has 1 saturated carbocycles. The first-order valence-corrected chi connectivity index (χ1v) is 5.91. The summed E-state index contributed by atoms with van der Waals surface area (Å²) >= 11 is 0. The summed E-state index contributed by atoms with van der Waals surface area (Å²) < 4.78 is 35.4. The lowest BCUT2D eigenvalue weighted by Crippen LogP contribution is -2.39. The molecule has 0 radical (unpaired) electrons. The van der Waals surface area contributed by atoms with Gasteiger partial charge in [0.2, 0.25) is 5.91 Å². The third-order valence-electron chi connectivity index (χ3n) is 3.00. The van der Waals surface area contributed by atoms with Gasteiger partial charge in [-0.1, -0.05) is 13.3 Å². The fourth-order valence-electron chi connectivity index (χ4n) is 2.15. The standard InChI is InChI=1S/C11H19F3N2O/c1-8-2-3-9(4-8)5-16-10(17)6-15-7-11(12,13)14/h8-9,15H,2-7H2,1H3,(H,16,17). The van der Waals surface area contributed by atoms with Crippen LogP contribution >= 0.6 is 0 Å². The molecular weight excluding hydrogens is 233 g/mol. The lowest BCUT2D eigenvalue weighted by molar-refractivity contribution is -0.128. The highest BCUT2D eigenvalue weighted by atomic mass is 19.4. The van der Waals surface area contributed by atoms with E-state index in [2.05, 4.69) is 17.6 Å². The number of alkyl halides is 3. The number of hydrogen-bond donors (Lipinski definition) is 2. The highest BCUT2D eigenvalue weighted by molar-refractivity contribution is 5.77. The first kappa shape index (κ1) is 14.3. The van der Waals surface area contributed by atoms with Crippen LogP contribution < -0.4 is 10.6 Å². The molecule has 6 heteroatoms. The fourth-order valence-corrected chi connectivity index (χ4v) is 2.15. The average molecular weight is 252 g/mol. The highest BCUT2D eigenvalue weighted by Crippen LogP contribution is 2.29. The predicted molar refractivity (Wildman–Crippen MR) is 58.4 cm³/mol. The molecule has 17 heavy (non-hydrogen) atoms. The van der Waals surface area contributed by atoms with Gasteiger partial charge in [0.25, 0.3) is 0 Å². The number of hydrogen-bond acceptors (Lipinski definition) is 2. The van der Waals surface area contributed by atoms with Crippen LogP contribution in [0, 0.1) is 11.8 Å². The molecule has 1 amide bonds. The zero-order valence-electron chi connectivity index (χ0n) is 9.94. The minimum absolute atomic E-state index is 0.276. The predicted octanol–water partition coefficient (Wildman–Crippen LogP) is 1.69. The molecular formula is C11H19F3N2O. The monoisotopic (exact) mass is 252 g/mol. The van der Waals surface area contributed by atoms with Crippen molar-refractivity contribution in [3.8, 4) is 0 Å². The van der Waals surface area contributed by atoms with E-state index in [9.17, 15) is 18.0 Å². The highest BCUT2D eigenvalue weighted by Gasteiger charge is 2.26. The van der Waals surface area contributed by atoms with Gasteiger partial charge in [0, 0.05) is 6.54 Å². The summed E-state index contributed by atoms with van der Waals surface area (Å²) in [5, 5.41) is 4.73. The molecule has 3 nitrogen and oxygen atoms in total. The van der Waals surface area contributed by atoms with Crippen LogP contribution in [0.25, 0.3) is 0 Å². The topological polar surface area (TPSA) is 41.1 Å². The van der Waals surface area contributed by atoms with Crippen LogP contribution in [-0.2, 0) is 4.79 Å². The van der Waals surface area contributed by atoms with E-state index >= 15 is 0 Å². The number of rotatable bonds is 5. The summed E-state index contributed by atoms with van der Waals surface area (Å²) in [5.74, 6) is 0.811. The van der Waals surface area contributed by atoms with Crippen molar-refractivity contribution in [3.05, 3.63) is 0 Å². The number of amides is 1. The maximum atomic E-state index is 11.8. The van der Waals surface area contributed by atoms with Crippen molar-refractivity contribution in [2.75, 3.05) is 19.6 Å². The second-order valence-corrected chi connectivity index (χ2v) is 4.81. The Morgan fingerprint density at radius 3 is 2.59 bits per heavy atom. The smallest absolute Gasteiger partial charge is 0.355 e. The molecule has 2 N–H and O–H groups in total. The molecule has 1 rings (SSSR count). The molecule has 0 spiro atoms. The Balaban J connectivity index is 2.05. The first-order chi connectivity index (χ1) is 7.87. The minimum Gasteiger partial charge on any atom is -0.355 e. The van der Waals surface area contributed by atoms with Gasteiger partial charge in [-0.25, -0.2) is 0 Å². The summed E-state index contributed by atoms with van der Waals surface area (Å²) in [6.07, 6.45) is -0.901. The summed E-state index contributed by atoms with van der Waals surface area (Å²) in [4.78, 5) is 11.2. The number of carbonyl (C=O) groups is 1. The molecule has 0 aromatic rings. The summed E-state index contributed by atoms with van der Waals surface area (Å²) in [7, 11) is 0. The van der Waals surface area contributed by atoms with Gasteiger partial charge in [-0.05, 0) is 24.7 Å². The Morgan fingerprint density at radius 1 is 1.35 bits per heavy atom. The van der Waals surface area contributed by atoms with Crippen LogP contribution in [0.15, 0.2) is 0 Å². The van der Waals surface area contributed by atoms with Crippen LogP contribution in [0.5, 0.6) is 0 Å². The van der Waals surface area contributed by atoms with Crippen molar-refractivity contribution >= 4 is 5.91 Å². The van der Waals surface area contributed by atoms with Crippen molar-refractivity contribution in [2.24, 2.45) is 11.8 Å². The minimum atomic E-state index is -4.26. The van der Waals surface area contributed by atoms with Gasteiger partial charge in [0.05, 0.1) is 13.1 Å². The number of halogens is 3. The van der Waals surface area contributed by atoms with E-state index in [1.54, 1.807) is 0 Å². The molecule has 2 atom stereocenters. The van der Waals surface area contributed by atoms with Gasteiger partial charge in [0.1, 0.15) is 0 Å². The van der Waals surface area contributed by atoms with Gasteiger partial charge < -0.3 is 10.6 Å². The molecule has 1 aliphatic carbocycles. The van der Waals surface area contributed by atoms with E-state index in [4.69, 9.17) is 0 Å². The largest absolute Gasteiger partial charge is 0.401 e. The Labute approximate surface area is 99.1 Å². The van der Waals surface area contributed by atoms with Gasteiger partial charge in [0.15, 0.2) is 0 Å². The Hall–Kier alpha value is -0.780. The lowest BCUT2D eigenvalue weighted by Gasteiger charge is -2.12. The van der Waals surface area contributed by atoms with Gasteiger partial charge >= 0.3 is 6.18 Å². The van der Waals surface area contributed by atoms with E-state index in [1.165, 1.54) is 6.42 Å². The van der Waals surface area contributed by atoms with Crippen LogP contribution in [0.2, 0.25) is 0 Å². The normalized spacial score (nSPS) is 24.9. The third kappa shape index (κ3) is 6.51. The molecule has 100 valence electrons. The maximum absolute atomic E-state index is 11.8. The van der Waals surface area contributed by atoms with Crippen LogP contribution in [0.3, 0.4) is 0 Å². The summed E-state index contributed by atoms with van der Waals surface area (Å²) in [6.45, 7) is 1.35. The van der Waals surface area contributed by atoms with E-state index in [0.717, 1.165) is 12.8 Å². The van der Waals surface area contributed by atoms with Crippen molar-refractivity contribution in [1.29, 1.82) is 0 Å². The Morgan fingerprint density at radius 2 is 2.06 bits per heavy atom. The molecule has 0 heterocycles. The van der Waals surface area contributed by atoms with Crippen LogP contribution in [0.4, 0.5) is 13.2 Å². The molecule has 0 bridgehead atoms. The fraction of sp³-hybridized carbons (Fsp3) is 0.909. The maximum Gasteiger partial charge on any atom is 0.401 e. The van der Waals surface area contributed by atoms with Crippen LogP contribution in [0.1, 0.15) is 26.2 Å². The van der Waals surface area contributed by atoms with Crippen molar-refractivity contribution in [3.63, 3.8) is 0 Å². The van der Waals surface area contributed by atoms with Crippen LogP contribution in [-0.4, -0.2) is 31.7 Å². The lowest BCUT2D eigenvalue weighted by atomic mass is 10.1. The Kier molecular flexibility index (Phi) is 5.24. The van der Waals surface area contributed by atoms with Gasteiger partial charge in [-0.2, -0.15) is 13.2 Å². The quantitative estimate of drug-likeness (QED) is 0.781. The molecule has 2 unspecified atom stereocenters. The molecule has 0 aromatic carbocycles. The SMILES string of the molecule is CC1CCC(CNC(=O)CNCC(F)(F)F)C1. The van der Waals surface area contributed by atoms with E-state index in [1.807, 2.05) is 0 Å². The number of carbonyl (C=O) groups excluding carboxylic acids is 1. The zero-order chi connectivity index (χ0) is 12.9. The van der Waals surface area contributed by atoms with Crippen molar-refractivity contribution in [1.82, 2.24) is 10.6 Å². The first-order valence-electron chi connectivity index (χ1n) is 5.91. The summed E-state index contributed by atoms with van der Waals surface area (Å²) in [5.41, 5.74) is 0. The van der Waals surface area contributed by atoms with E-state index < -0.39 is 12.7 Å². The van der Waals surface area contributed by atoms with Crippen molar-refractivity contribution in [2.45, 2.75) is 32.4 Å². The van der Waals surface area contributed by atoms with E-state index in [-0.39, 0.29) is 12.5 Å². The molecule has 0 aromatic heterocycles. The second kappa shape index (κ2) is 6.23. The van der Waals surface area contributed by atoms with Crippen molar-refractivity contribution < 1.29 is 18.0 Å². The zero-order valence-corrected chi connectivity index (χ0v) is 9.94. The third-order valence-corrected chi connectivity index (χ3v) is 3.00. The number of nitrogens with one attached hydrogen (secondary N) is 2. The van der Waals surface area contributed by atoms with E-state index in [0.29, 0.717) is 18.4 Å². The Bertz CT molecular complexity index is 256.